The molecule has 1 aromatic carbocycles. The molecule has 1 atom stereocenters. The summed E-state index contributed by atoms with van der Waals surface area (Å²) < 4.78 is 0. The normalized spacial score (nSPS) is 17.8. The van der Waals surface area contributed by atoms with Gasteiger partial charge >= 0.3 is 0 Å². The minimum Gasteiger partial charge on any atom is -0.344 e. The van der Waals surface area contributed by atoms with E-state index >= 15 is 0 Å². The summed E-state index contributed by atoms with van der Waals surface area (Å²) in [5, 5.41) is 4.82. The van der Waals surface area contributed by atoms with Crippen molar-refractivity contribution in [1.82, 2.24) is 10.3 Å². The fourth-order valence-corrected chi connectivity index (χ4v) is 2.80. The molecule has 1 amide bonds. The molecule has 2 aromatic rings. The molecule has 0 saturated carbocycles. The maximum Gasteiger partial charge on any atom is 0.271 e. The van der Waals surface area contributed by atoms with Gasteiger partial charge in [-0.1, -0.05) is 24.3 Å². The lowest BCUT2D eigenvalue weighted by molar-refractivity contribution is 0.0932. The minimum atomic E-state index is -0.0760. The van der Waals surface area contributed by atoms with E-state index in [1.165, 1.54) is 22.5 Å². The Hall–Kier alpha value is -1.68. The van der Waals surface area contributed by atoms with E-state index in [1.54, 1.807) is 10.9 Å². The molecule has 4 heteroatoms. The highest BCUT2D eigenvalue weighted by Crippen LogP contribution is 2.30. The first-order valence-corrected chi connectivity index (χ1v) is 6.56. The molecule has 0 fully saturated rings. The molecule has 3 nitrogen and oxygen atoms in total. The zero-order valence-corrected chi connectivity index (χ0v) is 10.0. The number of aromatic nitrogens is 1. The molecular formula is C13H12N2OS. The average Bonchev–Trinajstić information content (AvgIpc) is 2.98. The molecule has 1 heterocycles. The van der Waals surface area contributed by atoms with Crippen LogP contribution >= 0.6 is 11.3 Å². The molecule has 0 aliphatic heterocycles. The summed E-state index contributed by atoms with van der Waals surface area (Å²) in [6.45, 7) is 0. The molecule has 0 bridgehead atoms. The van der Waals surface area contributed by atoms with Crippen molar-refractivity contribution in [2.45, 2.75) is 18.9 Å². The first kappa shape index (κ1) is 10.5. The van der Waals surface area contributed by atoms with Crippen LogP contribution < -0.4 is 5.32 Å². The van der Waals surface area contributed by atoms with Gasteiger partial charge in [-0.3, -0.25) is 4.79 Å². The van der Waals surface area contributed by atoms with Crippen LogP contribution in [-0.2, 0) is 6.42 Å². The Morgan fingerprint density at radius 2 is 2.29 bits per heavy atom. The summed E-state index contributed by atoms with van der Waals surface area (Å²) in [6.07, 6.45) is 2.02. The van der Waals surface area contributed by atoms with Gasteiger partial charge in [0.2, 0.25) is 0 Å². The standard InChI is InChI=1S/C13H12N2OS/c16-13(12-7-17-8-14-12)15-11-6-5-9-3-1-2-4-10(9)11/h1-4,7-8,11H,5-6H2,(H,15,16). The van der Waals surface area contributed by atoms with Gasteiger partial charge in [-0.25, -0.2) is 4.98 Å². The summed E-state index contributed by atoms with van der Waals surface area (Å²) in [4.78, 5) is 15.9. The van der Waals surface area contributed by atoms with Gasteiger partial charge in [0, 0.05) is 5.38 Å². The molecule has 3 rings (SSSR count). The van der Waals surface area contributed by atoms with Crippen molar-refractivity contribution in [3.63, 3.8) is 0 Å². The maximum atomic E-state index is 11.9. The second-order valence-electron chi connectivity index (χ2n) is 4.14. The van der Waals surface area contributed by atoms with Crippen molar-refractivity contribution in [3.05, 3.63) is 52.0 Å². The average molecular weight is 244 g/mol. The summed E-state index contributed by atoms with van der Waals surface area (Å²) in [7, 11) is 0. The van der Waals surface area contributed by atoms with E-state index in [-0.39, 0.29) is 11.9 Å². The van der Waals surface area contributed by atoms with Gasteiger partial charge in [0.05, 0.1) is 11.6 Å². The first-order chi connectivity index (χ1) is 8.34. The van der Waals surface area contributed by atoms with E-state index in [9.17, 15) is 4.79 Å². The number of hydrogen-bond acceptors (Lipinski definition) is 3. The Kier molecular flexibility index (Phi) is 2.65. The number of aryl methyl sites for hydroxylation is 1. The van der Waals surface area contributed by atoms with Crippen LogP contribution in [0.2, 0.25) is 0 Å². The molecule has 1 aliphatic rings. The number of carbonyl (C=O) groups is 1. The third-order valence-electron chi connectivity index (χ3n) is 3.10. The molecule has 0 spiro atoms. The lowest BCUT2D eigenvalue weighted by atomic mass is 10.1. The molecule has 17 heavy (non-hydrogen) atoms. The van der Waals surface area contributed by atoms with E-state index in [2.05, 4.69) is 22.4 Å². The minimum absolute atomic E-state index is 0.0760. The van der Waals surface area contributed by atoms with Crippen LogP contribution in [0.25, 0.3) is 0 Å². The van der Waals surface area contributed by atoms with Crippen molar-refractivity contribution >= 4 is 17.2 Å². The summed E-state index contributed by atoms with van der Waals surface area (Å²) in [6, 6.07) is 8.43. The SMILES string of the molecule is O=C(NC1CCc2ccccc21)c1cscn1. The topological polar surface area (TPSA) is 42.0 Å². The maximum absolute atomic E-state index is 11.9. The Bertz CT molecular complexity index is 536. The number of nitrogens with zero attached hydrogens (tertiary/aromatic N) is 1. The van der Waals surface area contributed by atoms with Crippen LogP contribution in [0.1, 0.15) is 34.1 Å². The van der Waals surface area contributed by atoms with E-state index < -0.39 is 0 Å². The van der Waals surface area contributed by atoms with Gasteiger partial charge in [0.1, 0.15) is 5.69 Å². The predicted molar refractivity (Wildman–Crippen MR) is 67.1 cm³/mol. The number of benzene rings is 1. The van der Waals surface area contributed by atoms with Crippen LogP contribution in [0.4, 0.5) is 0 Å². The second-order valence-corrected chi connectivity index (χ2v) is 4.86. The van der Waals surface area contributed by atoms with E-state index in [1.807, 2.05) is 12.1 Å². The lowest BCUT2D eigenvalue weighted by Gasteiger charge is -2.12. The quantitative estimate of drug-likeness (QED) is 0.882. The monoisotopic (exact) mass is 244 g/mol. The van der Waals surface area contributed by atoms with Crippen LogP contribution in [0, 0.1) is 0 Å². The number of amides is 1. The summed E-state index contributed by atoms with van der Waals surface area (Å²) in [5.74, 6) is -0.0760. The highest BCUT2D eigenvalue weighted by atomic mass is 32.1. The molecular weight excluding hydrogens is 232 g/mol. The molecule has 1 aliphatic carbocycles. The summed E-state index contributed by atoms with van der Waals surface area (Å²) >= 11 is 1.44. The Morgan fingerprint density at radius 1 is 1.41 bits per heavy atom. The van der Waals surface area contributed by atoms with Gasteiger partial charge in [0.25, 0.3) is 5.91 Å². The Morgan fingerprint density at radius 3 is 3.12 bits per heavy atom. The Labute approximate surface area is 104 Å². The molecule has 0 saturated heterocycles. The number of rotatable bonds is 2. The largest absolute Gasteiger partial charge is 0.344 e. The van der Waals surface area contributed by atoms with Crippen molar-refractivity contribution in [1.29, 1.82) is 0 Å². The highest BCUT2D eigenvalue weighted by Gasteiger charge is 2.24. The highest BCUT2D eigenvalue weighted by molar-refractivity contribution is 7.07. The zero-order valence-electron chi connectivity index (χ0n) is 9.22. The molecule has 1 aromatic heterocycles. The van der Waals surface area contributed by atoms with Crippen molar-refractivity contribution < 1.29 is 4.79 Å². The fraction of sp³-hybridized carbons (Fsp3) is 0.231. The third-order valence-corrected chi connectivity index (χ3v) is 3.69. The molecule has 0 radical (unpaired) electrons. The van der Waals surface area contributed by atoms with Crippen molar-refractivity contribution in [3.8, 4) is 0 Å². The first-order valence-electron chi connectivity index (χ1n) is 5.61. The summed E-state index contributed by atoms with van der Waals surface area (Å²) in [5.41, 5.74) is 4.78. The van der Waals surface area contributed by atoms with Crippen LogP contribution in [0.3, 0.4) is 0 Å². The smallest absolute Gasteiger partial charge is 0.271 e. The molecule has 86 valence electrons. The predicted octanol–water partition coefficient (Wildman–Crippen LogP) is 2.56. The van der Waals surface area contributed by atoms with Crippen LogP contribution in [0.5, 0.6) is 0 Å². The third kappa shape index (κ3) is 1.96. The van der Waals surface area contributed by atoms with E-state index in [4.69, 9.17) is 0 Å². The van der Waals surface area contributed by atoms with Crippen molar-refractivity contribution in [2.24, 2.45) is 0 Å². The van der Waals surface area contributed by atoms with Crippen LogP contribution in [-0.4, -0.2) is 10.9 Å². The fourth-order valence-electron chi connectivity index (χ4n) is 2.26. The number of nitrogens with one attached hydrogen (secondary N) is 1. The van der Waals surface area contributed by atoms with Gasteiger partial charge in [-0.2, -0.15) is 0 Å². The molecule has 1 N–H and O–H groups in total. The van der Waals surface area contributed by atoms with Crippen molar-refractivity contribution in [2.75, 3.05) is 0 Å². The number of carbonyl (C=O) groups excluding carboxylic acids is 1. The second kappa shape index (κ2) is 4.30. The van der Waals surface area contributed by atoms with E-state index in [0.717, 1.165) is 12.8 Å². The Balaban J connectivity index is 1.78. The number of thiazole rings is 1. The lowest BCUT2D eigenvalue weighted by Crippen LogP contribution is -2.27. The molecule has 1 unspecified atom stereocenters. The number of hydrogen-bond donors (Lipinski definition) is 1. The van der Waals surface area contributed by atoms with Gasteiger partial charge in [0.15, 0.2) is 0 Å². The van der Waals surface area contributed by atoms with Gasteiger partial charge in [-0.05, 0) is 24.0 Å². The van der Waals surface area contributed by atoms with Crippen LogP contribution in [0.15, 0.2) is 35.2 Å². The van der Waals surface area contributed by atoms with Gasteiger partial charge in [-0.15, -0.1) is 11.3 Å². The number of fused-ring (bicyclic) bond motifs is 1. The van der Waals surface area contributed by atoms with Gasteiger partial charge < -0.3 is 5.32 Å². The zero-order chi connectivity index (χ0) is 11.7. The van der Waals surface area contributed by atoms with E-state index in [0.29, 0.717) is 5.69 Å².